The molecule has 0 aliphatic rings. The fraction of sp³-hybridized carbons (Fsp3) is 0.0952. The number of hydrogen-bond donors (Lipinski definition) is 3. The monoisotopic (exact) mass is 391 g/mol. The van der Waals surface area contributed by atoms with Crippen LogP contribution in [0.2, 0.25) is 0 Å². The van der Waals surface area contributed by atoms with Crippen LogP contribution in [0.1, 0.15) is 21.6 Å². The summed E-state index contributed by atoms with van der Waals surface area (Å²) in [5, 5.41) is 19.7. The largest absolute Gasteiger partial charge is 0.508 e. The number of imidazole rings is 1. The summed E-state index contributed by atoms with van der Waals surface area (Å²) in [5.41, 5.74) is 2.85. The van der Waals surface area contributed by atoms with Gasteiger partial charge in [0.25, 0.3) is 5.91 Å². The van der Waals surface area contributed by atoms with Gasteiger partial charge >= 0.3 is 0 Å². The van der Waals surface area contributed by atoms with E-state index >= 15 is 0 Å². The maximum Gasteiger partial charge on any atom is 0.276 e. The number of nitrogens with one attached hydrogen (secondary N) is 2. The molecule has 2 heterocycles. The van der Waals surface area contributed by atoms with E-state index in [1.165, 1.54) is 28.9 Å². The van der Waals surface area contributed by atoms with Crippen LogP contribution < -0.4 is 10.6 Å². The number of benzene rings is 2. The van der Waals surface area contributed by atoms with Crippen molar-refractivity contribution < 1.29 is 14.3 Å². The Morgan fingerprint density at radius 3 is 2.69 bits per heavy atom. The third-order valence-electron chi connectivity index (χ3n) is 4.42. The smallest absolute Gasteiger partial charge is 0.276 e. The molecule has 0 aliphatic heterocycles. The van der Waals surface area contributed by atoms with Crippen molar-refractivity contribution in [1.29, 1.82) is 0 Å². The first kappa shape index (κ1) is 18.4. The number of amides is 1. The van der Waals surface area contributed by atoms with Gasteiger partial charge in [-0.2, -0.15) is 0 Å². The minimum atomic E-state index is -0.373. The van der Waals surface area contributed by atoms with Gasteiger partial charge in [-0.05, 0) is 60.5 Å². The molecule has 2 aromatic heterocycles. The van der Waals surface area contributed by atoms with Crippen molar-refractivity contribution in [2.24, 2.45) is 0 Å². The topological polar surface area (TPSA) is 91.5 Å². The average Bonchev–Trinajstić information content (AvgIpc) is 3.14. The fourth-order valence-electron chi connectivity index (χ4n) is 2.87. The molecule has 8 heteroatoms. The summed E-state index contributed by atoms with van der Waals surface area (Å²) in [5.74, 6) is 0.0562. The van der Waals surface area contributed by atoms with Gasteiger partial charge in [0.2, 0.25) is 0 Å². The first-order valence-electron chi connectivity index (χ1n) is 8.94. The number of nitrogens with zero attached hydrogens (tertiary/aromatic N) is 3. The summed E-state index contributed by atoms with van der Waals surface area (Å²) < 4.78 is 14.9. The van der Waals surface area contributed by atoms with Gasteiger partial charge in [0, 0.05) is 12.2 Å². The van der Waals surface area contributed by atoms with E-state index in [1.807, 2.05) is 0 Å². The van der Waals surface area contributed by atoms with Crippen molar-refractivity contribution in [3.8, 4) is 5.75 Å². The lowest BCUT2D eigenvalue weighted by molar-refractivity contribution is 0.102. The summed E-state index contributed by atoms with van der Waals surface area (Å²) in [6.45, 7) is 2.18. The lowest BCUT2D eigenvalue weighted by atomic mass is 10.1. The molecule has 0 unspecified atom stereocenters. The third-order valence-corrected chi connectivity index (χ3v) is 4.42. The van der Waals surface area contributed by atoms with Gasteiger partial charge in [0.05, 0.1) is 6.20 Å². The van der Waals surface area contributed by atoms with Crippen LogP contribution in [0.4, 0.5) is 15.9 Å². The number of aromatic nitrogens is 3. The van der Waals surface area contributed by atoms with E-state index < -0.39 is 0 Å². The molecule has 0 saturated carbocycles. The second kappa shape index (κ2) is 7.59. The number of hydrogen-bond acceptors (Lipinski definition) is 5. The summed E-state index contributed by atoms with van der Waals surface area (Å²) in [6.07, 6.45) is 1.45. The average molecular weight is 391 g/mol. The van der Waals surface area contributed by atoms with Gasteiger partial charge in [-0.25, -0.2) is 13.9 Å². The predicted molar refractivity (Wildman–Crippen MR) is 108 cm³/mol. The molecule has 0 spiro atoms. The second-order valence-corrected chi connectivity index (χ2v) is 6.57. The summed E-state index contributed by atoms with van der Waals surface area (Å²) in [6, 6.07) is 14.6. The normalized spacial score (nSPS) is 10.8. The van der Waals surface area contributed by atoms with Gasteiger partial charge in [0.1, 0.15) is 17.4 Å². The summed E-state index contributed by atoms with van der Waals surface area (Å²) in [4.78, 5) is 16.8. The highest BCUT2D eigenvalue weighted by Gasteiger charge is 2.14. The van der Waals surface area contributed by atoms with Gasteiger partial charge < -0.3 is 15.7 Å². The molecule has 7 nitrogen and oxygen atoms in total. The van der Waals surface area contributed by atoms with Crippen LogP contribution in [0.3, 0.4) is 0 Å². The van der Waals surface area contributed by atoms with E-state index in [9.17, 15) is 14.3 Å². The Bertz CT molecular complexity index is 1190. The van der Waals surface area contributed by atoms with Crippen LogP contribution in [0.25, 0.3) is 5.65 Å². The molecule has 146 valence electrons. The van der Waals surface area contributed by atoms with Crippen LogP contribution in [-0.2, 0) is 6.54 Å². The number of phenols is 1. The number of phenolic OH excluding ortho intramolecular Hbond substituents is 1. The Balaban J connectivity index is 1.53. The highest BCUT2D eigenvalue weighted by atomic mass is 19.1. The van der Waals surface area contributed by atoms with Gasteiger partial charge in [-0.15, -0.1) is 5.10 Å². The van der Waals surface area contributed by atoms with E-state index in [1.54, 1.807) is 43.3 Å². The minimum Gasteiger partial charge on any atom is -0.508 e. The Hall–Kier alpha value is -3.94. The van der Waals surface area contributed by atoms with Gasteiger partial charge in [0.15, 0.2) is 11.3 Å². The lowest BCUT2D eigenvalue weighted by Gasteiger charge is -2.08. The highest BCUT2D eigenvalue weighted by molar-refractivity contribution is 6.03. The Kier molecular flexibility index (Phi) is 4.82. The number of aryl methyl sites for hydroxylation is 1. The maximum atomic E-state index is 13.4. The van der Waals surface area contributed by atoms with Crippen molar-refractivity contribution in [3.05, 3.63) is 83.4 Å². The highest BCUT2D eigenvalue weighted by Crippen LogP contribution is 2.16. The van der Waals surface area contributed by atoms with E-state index in [0.717, 1.165) is 5.56 Å². The quantitative estimate of drug-likeness (QED) is 0.451. The summed E-state index contributed by atoms with van der Waals surface area (Å²) >= 11 is 0. The van der Waals surface area contributed by atoms with Crippen LogP contribution in [0.5, 0.6) is 5.75 Å². The predicted octanol–water partition coefficient (Wildman–Crippen LogP) is 3.75. The number of halogens is 1. The third kappa shape index (κ3) is 4.01. The van der Waals surface area contributed by atoms with Crippen LogP contribution in [0.15, 0.2) is 60.8 Å². The summed E-state index contributed by atoms with van der Waals surface area (Å²) in [7, 11) is 0. The zero-order valence-corrected chi connectivity index (χ0v) is 15.6. The van der Waals surface area contributed by atoms with Crippen LogP contribution in [-0.4, -0.2) is 25.6 Å². The molecule has 4 rings (SSSR count). The SMILES string of the molecule is Cc1cc(CNc2ccc3ncc(C(=O)Nc4ccc(O)cc4)n3n2)ccc1F. The second-order valence-electron chi connectivity index (χ2n) is 6.57. The molecule has 0 saturated heterocycles. The molecule has 0 radical (unpaired) electrons. The molecule has 3 N–H and O–H groups in total. The number of carbonyl (C=O) groups is 1. The zero-order chi connectivity index (χ0) is 20.4. The van der Waals surface area contributed by atoms with Crippen molar-refractivity contribution in [3.63, 3.8) is 0 Å². The number of fused-ring (bicyclic) bond motifs is 1. The van der Waals surface area contributed by atoms with E-state index in [-0.39, 0.29) is 23.2 Å². The first-order valence-corrected chi connectivity index (χ1v) is 8.94. The molecular formula is C21H18FN5O2. The molecule has 0 bridgehead atoms. The zero-order valence-electron chi connectivity index (χ0n) is 15.6. The molecule has 0 aliphatic carbocycles. The molecule has 29 heavy (non-hydrogen) atoms. The molecule has 2 aromatic carbocycles. The van der Waals surface area contributed by atoms with Crippen LogP contribution >= 0.6 is 0 Å². The van der Waals surface area contributed by atoms with Gasteiger partial charge in [-0.1, -0.05) is 12.1 Å². The molecule has 0 atom stereocenters. The van der Waals surface area contributed by atoms with E-state index in [4.69, 9.17) is 0 Å². The molecule has 0 fully saturated rings. The Labute approximate surface area is 165 Å². The maximum absolute atomic E-state index is 13.4. The molecule has 4 aromatic rings. The first-order chi connectivity index (χ1) is 14.0. The van der Waals surface area contributed by atoms with E-state index in [0.29, 0.717) is 29.3 Å². The minimum absolute atomic E-state index is 0.117. The van der Waals surface area contributed by atoms with Crippen LogP contribution in [0, 0.1) is 12.7 Å². The molecular weight excluding hydrogens is 373 g/mol. The van der Waals surface area contributed by atoms with Crippen molar-refractivity contribution in [1.82, 2.24) is 14.6 Å². The number of aromatic hydroxyl groups is 1. The number of anilines is 2. The lowest BCUT2D eigenvalue weighted by Crippen LogP contribution is -2.15. The van der Waals surface area contributed by atoms with E-state index in [2.05, 4.69) is 20.7 Å². The van der Waals surface area contributed by atoms with Crippen molar-refractivity contribution >= 4 is 23.1 Å². The Morgan fingerprint density at radius 2 is 1.93 bits per heavy atom. The van der Waals surface area contributed by atoms with Crippen molar-refractivity contribution in [2.45, 2.75) is 13.5 Å². The standard InChI is InChI=1S/C21H18FN5O2/c1-13-10-14(2-7-17(13)22)11-23-19-8-9-20-24-12-18(27(20)26-19)21(29)25-15-3-5-16(28)6-4-15/h2-10,12,28H,11H2,1H3,(H,23,26)(H,25,29). The van der Waals surface area contributed by atoms with Gasteiger partial charge in [-0.3, -0.25) is 4.79 Å². The molecule has 1 amide bonds. The Morgan fingerprint density at radius 1 is 1.14 bits per heavy atom. The van der Waals surface area contributed by atoms with Crippen molar-refractivity contribution in [2.75, 3.05) is 10.6 Å². The number of carbonyl (C=O) groups excluding carboxylic acids is 1. The number of rotatable bonds is 5. The fourth-order valence-corrected chi connectivity index (χ4v) is 2.87.